The van der Waals surface area contributed by atoms with Crippen LogP contribution in [0.15, 0.2) is 33.5 Å². The highest BCUT2D eigenvalue weighted by atomic mass is 16.5. The molecule has 1 saturated heterocycles. The maximum atomic E-state index is 12.7. The van der Waals surface area contributed by atoms with Gasteiger partial charge < -0.3 is 19.2 Å². The van der Waals surface area contributed by atoms with Gasteiger partial charge in [0.05, 0.1) is 5.92 Å². The summed E-state index contributed by atoms with van der Waals surface area (Å²) in [4.78, 5) is 38.9. The number of carbonyl (C=O) groups is 2. The Morgan fingerprint density at radius 3 is 2.83 bits per heavy atom. The van der Waals surface area contributed by atoms with Gasteiger partial charge in [0.15, 0.2) is 0 Å². The van der Waals surface area contributed by atoms with Crippen molar-refractivity contribution in [1.82, 2.24) is 4.90 Å². The molecule has 1 aliphatic heterocycles. The number of hydrogen-bond acceptors (Lipinski definition) is 6. The smallest absolute Gasteiger partial charge is 0.336 e. The van der Waals surface area contributed by atoms with E-state index in [0.29, 0.717) is 29.3 Å². The summed E-state index contributed by atoms with van der Waals surface area (Å²) in [5.41, 5.74) is 0.156. The van der Waals surface area contributed by atoms with Crippen molar-refractivity contribution in [3.8, 4) is 5.75 Å². The maximum absolute atomic E-state index is 12.7. The van der Waals surface area contributed by atoms with E-state index in [-0.39, 0.29) is 36.3 Å². The Kier molecular flexibility index (Phi) is 5.54. The Morgan fingerprint density at radius 2 is 2.03 bits per heavy atom. The quantitative estimate of drug-likeness (QED) is 0.611. The number of phenolic OH excluding ortho intramolecular Hbond substituents is 1. The van der Waals surface area contributed by atoms with Crippen LogP contribution in [-0.2, 0) is 20.9 Å². The van der Waals surface area contributed by atoms with Crippen molar-refractivity contribution in [2.45, 2.75) is 52.2 Å². The van der Waals surface area contributed by atoms with E-state index in [0.717, 1.165) is 12.8 Å². The first-order valence-corrected chi connectivity index (χ1v) is 10.6. The van der Waals surface area contributed by atoms with E-state index < -0.39 is 17.5 Å². The number of ether oxygens (including phenoxy) is 1. The third-order valence-electron chi connectivity index (χ3n) is 6.74. The summed E-state index contributed by atoms with van der Waals surface area (Å²) in [6, 6.07) is 5.91. The van der Waals surface area contributed by atoms with Gasteiger partial charge in [0.1, 0.15) is 17.9 Å². The van der Waals surface area contributed by atoms with Crippen LogP contribution in [0.1, 0.15) is 45.1 Å². The highest BCUT2D eigenvalue weighted by Gasteiger charge is 2.42. The van der Waals surface area contributed by atoms with Crippen LogP contribution in [0.3, 0.4) is 0 Å². The van der Waals surface area contributed by atoms with E-state index in [9.17, 15) is 19.5 Å². The average molecular weight is 413 g/mol. The minimum atomic E-state index is -0.582. The van der Waals surface area contributed by atoms with E-state index in [1.165, 1.54) is 24.6 Å². The summed E-state index contributed by atoms with van der Waals surface area (Å²) in [5.74, 6) is 0.0727. The van der Waals surface area contributed by atoms with Gasteiger partial charge in [-0.2, -0.15) is 0 Å². The van der Waals surface area contributed by atoms with Gasteiger partial charge in [0.2, 0.25) is 5.91 Å². The summed E-state index contributed by atoms with van der Waals surface area (Å²) in [6.07, 6.45) is 3.44. The molecule has 4 rings (SSSR count). The predicted molar refractivity (Wildman–Crippen MR) is 110 cm³/mol. The summed E-state index contributed by atoms with van der Waals surface area (Å²) in [6.45, 7) is 4.72. The first-order chi connectivity index (χ1) is 14.3. The second-order valence-electron chi connectivity index (χ2n) is 8.66. The summed E-state index contributed by atoms with van der Waals surface area (Å²) in [7, 11) is 0. The Morgan fingerprint density at radius 1 is 1.23 bits per heavy atom. The lowest BCUT2D eigenvalue weighted by atomic mass is 9.77. The number of phenols is 1. The molecule has 1 aromatic heterocycles. The van der Waals surface area contributed by atoms with Crippen LogP contribution in [0.4, 0.5) is 0 Å². The third-order valence-corrected chi connectivity index (χ3v) is 6.74. The monoisotopic (exact) mass is 413 g/mol. The standard InChI is InChI=1S/C23H27NO6/c1-13-4-3-5-19(14(13)2)24-11-15(8-21(24)26)23(28)29-12-16-9-22(27)30-20-10-17(25)6-7-18(16)20/h6-7,9-10,13-15,19,25H,3-5,8,11-12H2,1-2H3/t13-,14-,15-,19+/m1/s1. The number of fused-ring (bicyclic) bond motifs is 1. The molecule has 1 saturated carbocycles. The average Bonchev–Trinajstić information content (AvgIpc) is 3.09. The highest BCUT2D eigenvalue weighted by Crippen LogP contribution is 2.36. The molecule has 30 heavy (non-hydrogen) atoms. The molecule has 2 aromatic rings. The number of hydrogen-bond donors (Lipinski definition) is 1. The molecule has 1 aromatic carbocycles. The second kappa shape index (κ2) is 8.13. The van der Waals surface area contributed by atoms with Gasteiger partial charge in [0.25, 0.3) is 0 Å². The number of carbonyl (C=O) groups excluding carboxylic acids is 2. The molecular formula is C23H27NO6. The van der Waals surface area contributed by atoms with Crippen LogP contribution < -0.4 is 5.63 Å². The molecule has 0 bridgehead atoms. The Labute approximate surface area is 174 Å². The summed E-state index contributed by atoms with van der Waals surface area (Å²) in [5, 5.41) is 10.2. The van der Waals surface area contributed by atoms with Crippen LogP contribution in [0.5, 0.6) is 5.75 Å². The number of likely N-dealkylation sites (tertiary alicyclic amines) is 1. The molecule has 2 heterocycles. The van der Waals surface area contributed by atoms with Crippen molar-refractivity contribution >= 4 is 22.8 Å². The van der Waals surface area contributed by atoms with Crippen molar-refractivity contribution in [2.24, 2.45) is 17.8 Å². The lowest BCUT2D eigenvalue weighted by Crippen LogP contribution is -2.45. The van der Waals surface area contributed by atoms with Gasteiger partial charge in [-0.15, -0.1) is 0 Å². The zero-order chi connectivity index (χ0) is 21.4. The van der Waals surface area contributed by atoms with Gasteiger partial charge in [-0.05, 0) is 30.4 Å². The minimum Gasteiger partial charge on any atom is -0.508 e. The van der Waals surface area contributed by atoms with E-state index in [4.69, 9.17) is 9.15 Å². The fourth-order valence-electron chi connectivity index (χ4n) is 4.81. The lowest BCUT2D eigenvalue weighted by Gasteiger charge is -2.39. The third kappa shape index (κ3) is 3.93. The van der Waals surface area contributed by atoms with Crippen LogP contribution in [-0.4, -0.2) is 34.5 Å². The first kappa shape index (κ1) is 20.4. The van der Waals surface area contributed by atoms with E-state index in [2.05, 4.69) is 13.8 Å². The molecule has 0 radical (unpaired) electrons. The zero-order valence-electron chi connectivity index (χ0n) is 17.3. The fraction of sp³-hybridized carbons (Fsp3) is 0.522. The second-order valence-corrected chi connectivity index (χ2v) is 8.66. The molecular weight excluding hydrogens is 386 g/mol. The minimum absolute atomic E-state index is 0.0178. The first-order valence-electron chi connectivity index (χ1n) is 10.6. The van der Waals surface area contributed by atoms with Crippen molar-refractivity contribution in [2.75, 3.05) is 6.54 Å². The molecule has 1 N–H and O–H groups in total. The normalized spacial score (nSPS) is 26.9. The fourth-order valence-corrected chi connectivity index (χ4v) is 4.81. The number of nitrogens with zero attached hydrogens (tertiary/aromatic N) is 1. The zero-order valence-corrected chi connectivity index (χ0v) is 17.3. The number of esters is 1. The van der Waals surface area contributed by atoms with Crippen LogP contribution in [0.2, 0.25) is 0 Å². The maximum Gasteiger partial charge on any atom is 0.336 e. The number of amides is 1. The van der Waals surface area contributed by atoms with Crippen LogP contribution in [0.25, 0.3) is 11.0 Å². The van der Waals surface area contributed by atoms with Crippen LogP contribution in [0, 0.1) is 17.8 Å². The number of benzene rings is 1. The molecule has 160 valence electrons. The summed E-state index contributed by atoms with van der Waals surface area (Å²) >= 11 is 0. The molecule has 7 nitrogen and oxygen atoms in total. The van der Waals surface area contributed by atoms with E-state index >= 15 is 0 Å². The molecule has 4 atom stereocenters. The number of rotatable bonds is 4. The molecule has 1 amide bonds. The Bertz CT molecular complexity index is 1030. The van der Waals surface area contributed by atoms with Crippen molar-refractivity contribution in [3.05, 3.63) is 40.2 Å². The lowest BCUT2D eigenvalue weighted by molar-refractivity contribution is -0.149. The Balaban J connectivity index is 1.43. The molecule has 7 heteroatoms. The Hall–Kier alpha value is -2.83. The highest BCUT2D eigenvalue weighted by molar-refractivity contribution is 5.87. The van der Waals surface area contributed by atoms with E-state index in [1.54, 1.807) is 6.07 Å². The van der Waals surface area contributed by atoms with Crippen molar-refractivity contribution in [1.29, 1.82) is 0 Å². The largest absolute Gasteiger partial charge is 0.508 e. The molecule has 0 spiro atoms. The molecule has 1 aliphatic carbocycles. The topological polar surface area (TPSA) is 97.1 Å². The predicted octanol–water partition coefficient (Wildman–Crippen LogP) is 3.22. The summed E-state index contributed by atoms with van der Waals surface area (Å²) < 4.78 is 10.6. The number of aromatic hydroxyl groups is 1. The van der Waals surface area contributed by atoms with E-state index in [1.807, 2.05) is 4.90 Å². The SMILES string of the molecule is C[C@@H]1[C@H](C)CCC[C@@H]1N1C[C@H](C(=O)OCc2cc(=O)oc3cc(O)ccc23)CC1=O. The molecule has 2 fully saturated rings. The van der Waals surface area contributed by atoms with Gasteiger partial charge in [-0.25, -0.2) is 4.79 Å². The molecule has 2 aliphatic rings. The van der Waals surface area contributed by atoms with Gasteiger partial charge in [0, 0.05) is 42.1 Å². The van der Waals surface area contributed by atoms with Gasteiger partial charge in [-0.1, -0.05) is 26.7 Å². The van der Waals surface area contributed by atoms with Crippen molar-refractivity contribution in [3.63, 3.8) is 0 Å². The van der Waals surface area contributed by atoms with Crippen molar-refractivity contribution < 1.29 is 23.8 Å². The van der Waals surface area contributed by atoms with Gasteiger partial charge >= 0.3 is 11.6 Å². The molecule has 0 unspecified atom stereocenters. The van der Waals surface area contributed by atoms with Crippen LogP contribution >= 0.6 is 0 Å². The van der Waals surface area contributed by atoms with Gasteiger partial charge in [-0.3, -0.25) is 9.59 Å².